The molecule has 1 aliphatic heterocycles. The molecular weight excluding hydrogens is 328 g/mol. The highest BCUT2D eigenvalue weighted by Crippen LogP contribution is 2.39. The van der Waals surface area contributed by atoms with Crippen LogP contribution in [0.3, 0.4) is 0 Å². The van der Waals surface area contributed by atoms with Crippen molar-refractivity contribution in [2.45, 2.75) is 31.8 Å². The van der Waals surface area contributed by atoms with Crippen molar-refractivity contribution >= 4 is 15.9 Å². The third-order valence-electron chi connectivity index (χ3n) is 4.10. The van der Waals surface area contributed by atoms with Gasteiger partial charge in [0, 0.05) is 4.47 Å². The van der Waals surface area contributed by atoms with E-state index in [1.807, 2.05) is 37.3 Å². The van der Waals surface area contributed by atoms with Gasteiger partial charge in [-0.15, -0.1) is 0 Å². The fraction of sp³-hybridized carbons (Fsp3) is 0.333. The third kappa shape index (κ3) is 3.14. The average molecular weight is 347 g/mol. The minimum atomic E-state index is -0.463. The van der Waals surface area contributed by atoms with Crippen LogP contribution in [0.2, 0.25) is 0 Å². The van der Waals surface area contributed by atoms with E-state index >= 15 is 0 Å². The van der Waals surface area contributed by atoms with Crippen LogP contribution in [0.25, 0.3) is 0 Å². The maximum Gasteiger partial charge on any atom is 0.122 e. The Labute approximate surface area is 133 Å². The summed E-state index contributed by atoms with van der Waals surface area (Å²) in [5, 5.41) is 10.6. The van der Waals surface area contributed by atoms with Crippen LogP contribution in [0.1, 0.15) is 41.6 Å². The zero-order valence-electron chi connectivity index (χ0n) is 12.1. The van der Waals surface area contributed by atoms with Gasteiger partial charge in [-0.2, -0.15) is 0 Å². The second-order valence-electron chi connectivity index (χ2n) is 5.65. The molecular formula is C18H19BrO2. The summed E-state index contributed by atoms with van der Waals surface area (Å²) >= 11 is 3.54. The quantitative estimate of drug-likeness (QED) is 0.868. The summed E-state index contributed by atoms with van der Waals surface area (Å²) in [4.78, 5) is 0. The van der Waals surface area contributed by atoms with Crippen molar-refractivity contribution in [1.82, 2.24) is 0 Å². The molecule has 0 bridgehead atoms. The highest BCUT2D eigenvalue weighted by molar-refractivity contribution is 9.10. The Balaban J connectivity index is 1.82. The first-order chi connectivity index (χ1) is 10.1. The summed E-state index contributed by atoms with van der Waals surface area (Å²) in [7, 11) is 0. The van der Waals surface area contributed by atoms with Crippen molar-refractivity contribution in [3.05, 3.63) is 63.6 Å². The Bertz CT molecular complexity index is 639. The topological polar surface area (TPSA) is 29.5 Å². The normalized spacial score (nSPS) is 18.7. The fourth-order valence-electron chi connectivity index (χ4n) is 2.98. The highest BCUT2D eigenvalue weighted by Gasteiger charge is 2.25. The molecule has 0 saturated carbocycles. The Kier molecular flexibility index (Phi) is 4.32. The minimum absolute atomic E-state index is 0.345. The van der Waals surface area contributed by atoms with Gasteiger partial charge in [0.15, 0.2) is 0 Å². The summed E-state index contributed by atoms with van der Waals surface area (Å²) in [5.41, 5.74) is 3.35. The molecule has 0 aliphatic carbocycles. The molecule has 1 heterocycles. The molecule has 0 spiro atoms. The van der Waals surface area contributed by atoms with E-state index in [-0.39, 0.29) is 0 Å². The molecule has 2 aromatic rings. The number of aryl methyl sites for hydroxylation is 1. The van der Waals surface area contributed by atoms with Crippen LogP contribution in [-0.4, -0.2) is 11.7 Å². The van der Waals surface area contributed by atoms with Crippen LogP contribution >= 0.6 is 15.9 Å². The van der Waals surface area contributed by atoms with Crippen molar-refractivity contribution in [3.8, 4) is 5.75 Å². The predicted octanol–water partition coefficient (Wildman–Crippen LogP) is 4.75. The average Bonchev–Trinajstić information content (AvgIpc) is 2.50. The molecule has 1 N–H and O–H groups in total. The first kappa shape index (κ1) is 14.6. The molecule has 110 valence electrons. The first-order valence-electron chi connectivity index (χ1n) is 7.31. The maximum absolute atomic E-state index is 10.6. The Hall–Kier alpha value is -1.32. The Morgan fingerprint density at radius 3 is 2.95 bits per heavy atom. The van der Waals surface area contributed by atoms with Crippen molar-refractivity contribution in [3.63, 3.8) is 0 Å². The minimum Gasteiger partial charge on any atom is -0.493 e. The second-order valence-corrected chi connectivity index (χ2v) is 6.50. The van der Waals surface area contributed by atoms with E-state index in [2.05, 4.69) is 28.1 Å². The lowest BCUT2D eigenvalue weighted by Crippen LogP contribution is -2.16. The highest BCUT2D eigenvalue weighted by atomic mass is 79.9. The van der Waals surface area contributed by atoms with Crippen LogP contribution in [0.4, 0.5) is 0 Å². The molecule has 2 unspecified atom stereocenters. The number of rotatable bonds is 3. The molecule has 2 nitrogen and oxygen atoms in total. The van der Waals surface area contributed by atoms with Crippen LogP contribution in [0, 0.1) is 6.92 Å². The van der Waals surface area contributed by atoms with E-state index < -0.39 is 6.10 Å². The van der Waals surface area contributed by atoms with Gasteiger partial charge >= 0.3 is 0 Å². The number of aliphatic hydroxyl groups is 1. The van der Waals surface area contributed by atoms with Crippen molar-refractivity contribution in [2.24, 2.45) is 0 Å². The van der Waals surface area contributed by atoms with Crippen molar-refractivity contribution in [1.29, 1.82) is 0 Å². The SMILES string of the molecule is Cc1ccc(Br)c(C(O)CC2CCOc3ccccc32)c1. The number of ether oxygens (including phenoxy) is 1. The van der Waals surface area contributed by atoms with Gasteiger partial charge in [-0.3, -0.25) is 0 Å². The summed E-state index contributed by atoms with van der Waals surface area (Å²) in [6.45, 7) is 2.77. The van der Waals surface area contributed by atoms with E-state index in [0.29, 0.717) is 5.92 Å². The smallest absolute Gasteiger partial charge is 0.122 e. The van der Waals surface area contributed by atoms with Crippen molar-refractivity contribution in [2.75, 3.05) is 6.61 Å². The van der Waals surface area contributed by atoms with Crippen LogP contribution in [-0.2, 0) is 0 Å². The zero-order chi connectivity index (χ0) is 14.8. The van der Waals surface area contributed by atoms with E-state index in [1.54, 1.807) is 0 Å². The molecule has 0 saturated heterocycles. The number of fused-ring (bicyclic) bond motifs is 1. The maximum atomic E-state index is 10.6. The number of para-hydroxylation sites is 1. The summed E-state index contributed by atoms with van der Waals surface area (Å²) in [6, 6.07) is 14.3. The lowest BCUT2D eigenvalue weighted by atomic mass is 9.86. The fourth-order valence-corrected chi connectivity index (χ4v) is 3.49. The summed E-state index contributed by atoms with van der Waals surface area (Å²) in [5.74, 6) is 1.31. The molecule has 2 aromatic carbocycles. The van der Waals surface area contributed by atoms with Gasteiger partial charge in [0.2, 0.25) is 0 Å². The summed E-state index contributed by atoms with van der Waals surface area (Å²) in [6.07, 6.45) is 1.22. The van der Waals surface area contributed by atoms with Gasteiger partial charge in [-0.1, -0.05) is 51.8 Å². The molecule has 1 aliphatic rings. The van der Waals surface area contributed by atoms with Gasteiger partial charge in [-0.05, 0) is 48.9 Å². The predicted molar refractivity (Wildman–Crippen MR) is 87.8 cm³/mol. The number of aliphatic hydroxyl groups excluding tert-OH is 1. The van der Waals surface area contributed by atoms with E-state index in [4.69, 9.17) is 4.74 Å². The molecule has 0 radical (unpaired) electrons. The van der Waals surface area contributed by atoms with Gasteiger partial charge in [0.05, 0.1) is 12.7 Å². The molecule has 2 atom stereocenters. The number of halogens is 1. The monoisotopic (exact) mass is 346 g/mol. The van der Waals surface area contributed by atoms with Gasteiger partial charge < -0.3 is 9.84 Å². The molecule has 21 heavy (non-hydrogen) atoms. The first-order valence-corrected chi connectivity index (χ1v) is 8.10. The number of hydrogen-bond acceptors (Lipinski definition) is 2. The second kappa shape index (κ2) is 6.20. The lowest BCUT2D eigenvalue weighted by Gasteiger charge is -2.28. The molecule has 3 rings (SSSR count). The van der Waals surface area contributed by atoms with Gasteiger partial charge in [0.1, 0.15) is 5.75 Å². The Morgan fingerprint density at radius 2 is 2.10 bits per heavy atom. The standard InChI is InChI=1S/C18H19BrO2/c1-12-6-7-16(19)15(10-12)17(20)11-13-8-9-21-18-5-3-2-4-14(13)18/h2-7,10,13,17,20H,8-9,11H2,1H3. The van der Waals surface area contributed by atoms with Crippen LogP contribution in [0.5, 0.6) is 5.75 Å². The summed E-state index contributed by atoms with van der Waals surface area (Å²) < 4.78 is 6.67. The van der Waals surface area contributed by atoms with Gasteiger partial charge in [0.25, 0.3) is 0 Å². The lowest BCUT2D eigenvalue weighted by molar-refractivity contribution is 0.144. The Morgan fingerprint density at radius 1 is 1.29 bits per heavy atom. The van der Waals surface area contributed by atoms with E-state index in [1.165, 1.54) is 11.1 Å². The molecule has 0 aromatic heterocycles. The number of hydrogen-bond donors (Lipinski definition) is 1. The number of benzene rings is 2. The zero-order valence-corrected chi connectivity index (χ0v) is 13.6. The van der Waals surface area contributed by atoms with E-state index in [9.17, 15) is 5.11 Å². The molecule has 3 heteroatoms. The largest absolute Gasteiger partial charge is 0.493 e. The van der Waals surface area contributed by atoms with Crippen LogP contribution < -0.4 is 4.74 Å². The molecule has 0 fully saturated rings. The van der Waals surface area contributed by atoms with Crippen molar-refractivity contribution < 1.29 is 9.84 Å². The van der Waals surface area contributed by atoms with Gasteiger partial charge in [-0.25, -0.2) is 0 Å². The molecule has 0 amide bonds. The van der Waals surface area contributed by atoms with E-state index in [0.717, 1.165) is 35.2 Å². The van der Waals surface area contributed by atoms with Crippen LogP contribution in [0.15, 0.2) is 46.9 Å². The third-order valence-corrected chi connectivity index (χ3v) is 4.82.